The van der Waals surface area contributed by atoms with E-state index < -0.39 is 29.8 Å². The number of methoxy groups -OCH3 is 1. The van der Waals surface area contributed by atoms with Gasteiger partial charge in [0.05, 0.1) is 18.3 Å². The molecular formula is C28H27F3N4O6. The molecule has 1 saturated heterocycles. The molecule has 2 N–H and O–H groups in total. The predicted octanol–water partition coefficient (Wildman–Crippen LogP) is 4.33. The second kappa shape index (κ2) is 11.8. The van der Waals surface area contributed by atoms with E-state index in [9.17, 15) is 27.6 Å². The summed E-state index contributed by atoms with van der Waals surface area (Å²) in [4.78, 5) is 42.9. The van der Waals surface area contributed by atoms with Gasteiger partial charge in [-0.25, -0.2) is 9.59 Å². The Morgan fingerprint density at radius 3 is 2.46 bits per heavy atom. The van der Waals surface area contributed by atoms with Gasteiger partial charge in [0, 0.05) is 29.5 Å². The zero-order valence-electron chi connectivity index (χ0n) is 22.4. The van der Waals surface area contributed by atoms with E-state index in [0.717, 1.165) is 39.2 Å². The molecule has 0 bridgehead atoms. The number of imide groups is 1. The standard InChI is InChI=1S/C25H24N4O4.C3H3F3O2/c1-15-11-17(19-5-3-4-6-20(19)26-15)14-32-18-9-7-16(8-10-18)21-12-25(2,33-29-21)13-22-23(30)28-24(31)27-22;1-8-2(7)3(4,5)6/h3-11,22H,12-14H2,1-2H3,(H2,27,28,30,31);1H3. The molecule has 3 amide bonds. The monoisotopic (exact) mass is 572 g/mol. The van der Waals surface area contributed by atoms with Crippen molar-refractivity contribution in [3.63, 3.8) is 0 Å². The third-order valence-corrected chi connectivity index (χ3v) is 6.34. The van der Waals surface area contributed by atoms with E-state index in [-0.39, 0.29) is 5.91 Å². The van der Waals surface area contributed by atoms with Gasteiger partial charge < -0.3 is 19.6 Å². The number of hydrogen-bond donors (Lipinski definition) is 2. The van der Waals surface area contributed by atoms with Crippen molar-refractivity contribution in [3.05, 3.63) is 71.4 Å². The highest BCUT2D eigenvalue weighted by atomic mass is 19.4. The van der Waals surface area contributed by atoms with Crippen LogP contribution < -0.4 is 15.4 Å². The summed E-state index contributed by atoms with van der Waals surface area (Å²) in [5.74, 6) is -1.75. The van der Waals surface area contributed by atoms with Crippen LogP contribution in [0.1, 0.15) is 36.6 Å². The van der Waals surface area contributed by atoms with E-state index in [1.807, 2.05) is 56.3 Å². The van der Waals surface area contributed by atoms with Gasteiger partial charge in [0.25, 0.3) is 5.91 Å². The Morgan fingerprint density at radius 2 is 1.85 bits per heavy atom. The van der Waals surface area contributed by atoms with E-state index >= 15 is 0 Å². The molecule has 1 fully saturated rings. The van der Waals surface area contributed by atoms with Crippen LogP contribution in [0.3, 0.4) is 0 Å². The van der Waals surface area contributed by atoms with Crippen LogP contribution in [-0.4, -0.2) is 53.5 Å². The molecule has 0 saturated carbocycles. The number of urea groups is 1. The van der Waals surface area contributed by atoms with Crippen LogP contribution in [0.5, 0.6) is 5.75 Å². The van der Waals surface area contributed by atoms with E-state index in [4.69, 9.17) is 9.57 Å². The Bertz CT molecular complexity index is 1490. The molecule has 0 spiro atoms. The molecule has 2 aliphatic heterocycles. The largest absolute Gasteiger partial charge is 0.490 e. The Morgan fingerprint density at radius 1 is 1.15 bits per heavy atom. The minimum atomic E-state index is -4.85. The summed E-state index contributed by atoms with van der Waals surface area (Å²) < 4.78 is 42.3. The molecule has 13 heteroatoms. The van der Waals surface area contributed by atoms with Crippen molar-refractivity contribution in [2.75, 3.05) is 7.11 Å². The van der Waals surface area contributed by atoms with Gasteiger partial charge in [-0.1, -0.05) is 23.4 Å². The molecule has 2 unspecified atom stereocenters. The molecular weight excluding hydrogens is 545 g/mol. The number of halogens is 3. The number of carbonyl (C=O) groups excluding carboxylic acids is 3. The van der Waals surface area contributed by atoms with Gasteiger partial charge in [0.2, 0.25) is 0 Å². The predicted molar refractivity (Wildman–Crippen MR) is 141 cm³/mol. The number of hydrogen-bond acceptors (Lipinski definition) is 8. The number of para-hydroxylation sites is 1. The van der Waals surface area contributed by atoms with Crippen LogP contribution in [0, 0.1) is 6.92 Å². The van der Waals surface area contributed by atoms with Gasteiger partial charge in [-0.3, -0.25) is 15.1 Å². The molecule has 10 nitrogen and oxygen atoms in total. The fraction of sp³-hybridized carbons (Fsp3) is 0.321. The smallest absolute Gasteiger partial charge is 0.489 e. The summed E-state index contributed by atoms with van der Waals surface area (Å²) in [7, 11) is 0.676. The summed E-state index contributed by atoms with van der Waals surface area (Å²) in [6.07, 6.45) is -3.97. The fourth-order valence-electron chi connectivity index (χ4n) is 4.42. The molecule has 1 aromatic heterocycles. The van der Waals surface area contributed by atoms with Crippen molar-refractivity contribution in [1.29, 1.82) is 0 Å². The number of nitrogens with one attached hydrogen (secondary N) is 2. The Hall–Kier alpha value is -4.68. The van der Waals surface area contributed by atoms with Gasteiger partial charge in [0.1, 0.15) is 24.0 Å². The van der Waals surface area contributed by atoms with Gasteiger partial charge in [-0.2, -0.15) is 13.2 Å². The number of ether oxygens (including phenoxy) is 2. The second-order valence-corrected chi connectivity index (χ2v) is 9.72. The van der Waals surface area contributed by atoms with Crippen molar-refractivity contribution in [2.24, 2.45) is 5.16 Å². The molecule has 41 heavy (non-hydrogen) atoms. The zero-order valence-corrected chi connectivity index (χ0v) is 22.4. The molecule has 0 aliphatic carbocycles. The molecule has 3 aromatic rings. The zero-order chi connectivity index (χ0) is 29.8. The normalized spacial score (nSPS) is 19.9. The van der Waals surface area contributed by atoms with Crippen LogP contribution in [-0.2, 0) is 25.8 Å². The van der Waals surface area contributed by atoms with Crippen LogP contribution >= 0.6 is 0 Å². The number of alkyl halides is 3. The number of pyridine rings is 1. The van der Waals surface area contributed by atoms with Gasteiger partial charge >= 0.3 is 18.2 Å². The quantitative estimate of drug-likeness (QED) is 0.333. The van der Waals surface area contributed by atoms with Gasteiger partial charge in [-0.15, -0.1) is 0 Å². The highest BCUT2D eigenvalue weighted by Crippen LogP contribution is 2.32. The number of nitrogens with zero attached hydrogens (tertiary/aromatic N) is 2. The maximum Gasteiger partial charge on any atom is 0.490 e. The molecule has 2 atom stereocenters. The van der Waals surface area contributed by atoms with Crippen molar-refractivity contribution < 1.29 is 41.9 Å². The molecule has 2 aromatic carbocycles. The van der Waals surface area contributed by atoms with Crippen molar-refractivity contribution in [3.8, 4) is 5.75 Å². The Kier molecular flexibility index (Phi) is 8.45. The first-order valence-electron chi connectivity index (χ1n) is 12.5. The van der Waals surface area contributed by atoms with Crippen molar-refractivity contribution in [1.82, 2.24) is 15.6 Å². The summed E-state index contributed by atoms with van der Waals surface area (Å²) in [5, 5.41) is 10.2. The third kappa shape index (κ3) is 7.29. The first kappa shape index (κ1) is 29.3. The Labute approximate surface area is 232 Å². The molecule has 2 aliphatic rings. The summed E-state index contributed by atoms with van der Waals surface area (Å²) in [6.45, 7) is 4.32. The topological polar surface area (TPSA) is 128 Å². The Balaban J connectivity index is 0.000000426. The second-order valence-electron chi connectivity index (χ2n) is 9.72. The molecule has 3 heterocycles. The van der Waals surface area contributed by atoms with Gasteiger partial charge in [-0.05, 0) is 55.8 Å². The first-order valence-corrected chi connectivity index (χ1v) is 12.5. The number of rotatable bonds is 6. The molecule has 216 valence electrons. The molecule has 5 rings (SSSR count). The number of amides is 3. The highest BCUT2D eigenvalue weighted by molar-refractivity contribution is 6.04. The summed E-state index contributed by atoms with van der Waals surface area (Å²) >= 11 is 0. The minimum absolute atomic E-state index is 0.336. The van der Waals surface area contributed by atoms with Crippen molar-refractivity contribution in [2.45, 2.75) is 51.1 Å². The lowest BCUT2D eigenvalue weighted by molar-refractivity contribution is -0.196. The summed E-state index contributed by atoms with van der Waals surface area (Å²) in [6, 6.07) is 16.7. The van der Waals surface area contributed by atoms with Crippen LogP contribution in [0.2, 0.25) is 0 Å². The number of esters is 1. The first-order chi connectivity index (χ1) is 19.4. The van der Waals surface area contributed by atoms with E-state index in [2.05, 4.69) is 37.6 Å². The number of oxime groups is 1. The number of aromatic nitrogens is 1. The fourth-order valence-corrected chi connectivity index (χ4v) is 4.42. The lowest BCUT2D eigenvalue weighted by Gasteiger charge is -2.23. The van der Waals surface area contributed by atoms with Gasteiger partial charge in [0.15, 0.2) is 0 Å². The summed E-state index contributed by atoms with van der Waals surface area (Å²) in [5.41, 5.74) is 4.07. The van der Waals surface area contributed by atoms with Crippen LogP contribution in [0.25, 0.3) is 10.9 Å². The number of fused-ring (bicyclic) bond motifs is 1. The maximum atomic E-state index is 11.9. The number of carbonyl (C=O) groups is 3. The average Bonchev–Trinajstić information content (AvgIpc) is 3.47. The van der Waals surface area contributed by atoms with E-state index in [1.54, 1.807) is 0 Å². The lowest BCUT2D eigenvalue weighted by Crippen LogP contribution is -2.39. The number of benzene rings is 2. The van der Waals surface area contributed by atoms with Crippen molar-refractivity contribution >= 4 is 34.5 Å². The van der Waals surface area contributed by atoms with Crippen LogP contribution in [0.15, 0.2) is 59.8 Å². The van der Waals surface area contributed by atoms with Crippen LogP contribution in [0.4, 0.5) is 18.0 Å². The van der Waals surface area contributed by atoms with E-state index in [1.165, 1.54) is 0 Å². The lowest BCUT2D eigenvalue weighted by atomic mass is 9.90. The maximum absolute atomic E-state index is 11.9. The SMILES string of the molecule is COC(=O)C(F)(F)F.Cc1cc(COc2ccc(C3=NOC(C)(CC4NC(=O)NC4=O)C3)cc2)c2ccccc2n1. The highest BCUT2D eigenvalue weighted by Gasteiger charge is 2.42. The molecule has 0 radical (unpaired) electrons. The van der Waals surface area contributed by atoms with E-state index in [0.29, 0.717) is 26.6 Å². The third-order valence-electron chi connectivity index (χ3n) is 6.34. The minimum Gasteiger partial charge on any atom is -0.489 e. The number of aryl methyl sites for hydroxylation is 1. The average molecular weight is 573 g/mol.